The number of aromatic hydroxyl groups is 1. The molecule has 4 aromatic rings. The van der Waals surface area contributed by atoms with Crippen LogP contribution in [0.4, 0.5) is 0 Å². The summed E-state index contributed by atoms with van der Waals surface area (Å²) in [6.07, 6.45) is 0.811. The summed E-state index contributed by atoms with van der Waals surface area (Å²) >= 11 is 6.15. The van der Waals surface area contributed by atoms with Gasteiger partial charge >= 0.3 is 5.63 Å². The predicted molar refractivity (Wildman–Crippen MR) is 101 cm³/mol. The molecule has 5 rings (SSSR count). The Kier molecular flexibility index (Phi) is 3.35. The Labute approximate surface area is 153 Å². The Bertz CT molecular complexity index is 1230. The van der Waals surface area contributed by atoms with Gasteiger partial charge in [-0.1, -0.05) is 23.7 Å². The maximum atomic E-state index is 12.6. The molecule has 3 N–H and O–H groups in total. The van der Waals surface area contributed by atoms with Crippen LogP contribution >= 0.6 is 11.6 Å². The first-order chi connectivity index (χ1) is 12.6. The summed E-state index contributed by atoms with van der Waals surface area (Å²) in [6, 6.07) is 12.2. The molecule has 130 valence electrons. The van der Waals surface area contributed by atoms with Gasteiger partial charge in [0.25, 0.3) is 0 Å². The molecule has 0 amide bonds. The molecule has 5 nitrogen and oxygen atoms in total. The van der Waals surface area contributed by atoms with E-state index in [1.807, 2.05) is 18.2 Å². The van der Waals surface area contributed by atoms with Crippen molar-refractivity contribution in [3.8, 4) is 5.75 Å². The van der Waals surface area contributed by atoms with Gasteiger partial charge in [-0.15, -0.1) is 0 Å². The van der Waals surface area contributed by atoms with Gasteiger partial charge in [-0.25, -0.2) is 4.79 Å². The number of nitrogens with one attached hydrogen (secondary N) is 2. The molecule has 0 bridgehead atoms. The van der Waals surface area contributed by atoms with E-state index in [-0.39, 0.29) is 11.3 Å². The highest BCUT2D eigenvalue weighted by atomic mass is 35.5. The lowest BCUT2D eigenvalue weighted by atomic mass is 9.94. The Morgan fingerprint density at radius 3 is 2.88 bits per heavy atom. The van der Waals surface area contributed by atoms with Gasteiger partial charge in [0.05, 0.1) is 11.4 Å². The van der Waals surface area contributed by atoms with Crippen molar-refractivity contribution in [1.29, 1.82) is 0 Å². The summed E-state index contributed by atoms with van der Waals surface area (Å²) in [5, 5.41) is 16.4. The first-order valence-electron chi connectivity index (χ1n) is 8.41. The fraction of sp³-hybridized carbons (Fsp3) is 0.150. The van der Waals surface area contributed by atoms with Crippen LogP contribution in [-0.2, 0) is 6.42 Å². The van der Waals surface area contributed by atoms with E-state index in [9.17, 15) is 9.90 Å². The number of H-pyrrole nitrogens is 1. The molecule has 2 aromatic carbocycles. The summed E-state index contributed by atoms with van der Waals surface area (Å²) in [5.41, 5.74) is 2.99. The molecule has 0 saturated heterocycles. The van der Waals surface area contributed by atoms with Crippen LogP contribution in [0.5, 0.6) is 5.75 Å². The molecule has 1 aliphatic rings. The van der Waals surface area contributed by atoms with Crippen LogP contribution in [0.25, 0.3) is 21.9 Å². The largest absolute Gasteiger partial charge is 0.507 e. The monoisotopic (exact) mass is 366 g/mol. The fourth-order valence-corrected chi connectivity index (χ4v) is 4.02. The third kappa shape index (κ3) is 2.18. The van der Waals surface area contributed by atoms with Crippen LogP contribution in [0.3, 0.4) is 0 Å². The van der Waals surface area contributed by atoms with Crippen LogP contribution in [-0.4, -0.2) is 16.6 Å². The molecule has 0 unspecified atom stereocenters. The van der Waals surface area contributed by atoms with E-state index >= 15 is 0 Å². The van der Waals surface area contributed by atoms with E-state index in [0.717, 1.165) is 28.6 Å². The molecule has 0 aliphatic carbocycles. The summed E-state index contributed by atoms with van der Waals surface area (Å²) in [6.45, 7) is 0.683. The summed E-state index contributed by atoms with van der Waals surface area (Å²) in [4.78, 5) is 16.0. The minimum absolute atomic E-state index is 0.0427. The normalized spacial score (nSPS) is 16.9. The van der Waals surface area contributed by atoms with E-state index in [4.69, 9.17) is 16.0 Å². The number of fused-ring (bicyclic) bond motifs is 4. The second-order valence-corrected chi connectivity index (χ2v) is 6.93. The predicted octanol–water partition coefficient (Wildman–Crippen LogP) is 3.87. The van der Waals surface area contributed by atoms with E-state index < -0.39 is 11.7 Å². The van der Waals surface area contributed by atoms with Crippen molar-refractivity contribution >= 4 is 33.5 Å². The van der Waals surface area contributed by atoms with Crippen molar-refractivity contribution in [2.45, 2.75) is 12.5 Å². The lowest BCUT2D eigenvalue weighted by Gasteiger charge is -2.24. The number of aromatic amines is 1. The number of halogens is 1. The molecule has 0 spiro atoms. The van der Waals surface area contributed by atoms with Crippen LogP contribution in [0, 0.1) is 0 Å². The topological polar surface area (TPSA) is 78.3 Å². The molecule has 0 saturated carbocycles. The number of rotatable bonds is 1. The molecule has 0 fully saturated rings. The summed E-state index contributed by atoms with van der Waals surface area (Å²) < 4.78 is 5.44. The zero-order valence-corrected chi connectivity index (χ0v) is 14.4. The Balaban J connectivity index is 1.78. The highest BCUT2D eigenvalue weighted by Crippen LogP contribution is 2.38. The van der Waals surface area contributed by atoms with Gasteiger partial charge in [0, 0.05) is 28.2 Å². The number of benzene rings is 2. The van der Waals surface area contributed by atoms with E-state index in [0.29, 0.717) is 22.5 Å². The quantitative estimate of drug-likeness (QED) is 0.447. The maximum Gasteiger partial charge on any atom is 0.345 e. The van der Waals surface area contributed by atoms with Gasteiger partial charge in [-0.2, -0.15) is 0 Å². The van der Waals surface area contributed by atoms with Crippen LogP contribution in [0.2, 0.25) is 5.02 Å². The highest BCUT2D eigenvalue weighted by molar-refractivity contribution is 6.31. The van der Waals surface area contributed by atoms with Crippen LogP contribution < -0.4 is 10.9 Å². The van der Waals surface area contributed by atoms with Gasteiger partial charge in [-0.05, 0) is 42.3 Å². The van der Waals surface area contributed by atoms with Crippen molar-refractivity contribution < 1.29 is 9.52 Å². The van der Waals surface area contributed by atoms with Gasteiger partial charge in [0.15, 0.2) is 0 Å². The zero-order chi connectivity index (χ0) is 17.8. The van der Waals surface area contributed by atoms with E-state index in [1.54, 1.807) is 24.3 Å². The Morgan fingerprint density at radius 2 is 2.00 bits per heavy atom. The maximum absolute atomic E-state index is 12.6. The Morgan fingerprint density at radius 1 is 1.15 bits per heavy atom. The number of para-hydroxylation sites is 1. The molecule has 0 radical (unpaired) electrons. The van der Waals surface area contributed by atoms with Crippen LogP contribution in [0.15, 0.2) is 51.7 Å². The molecule has 6 heteroatoms. The van der Waals surface area contributed by atoms with E-state index in [2.05, 4.69) is 10.3 Å². The zero-order valence-electron chi connectivity index (χ0n) is 13.7. The molecule has 1 atom stereocenters. The van der Waals surface area contributed by atoms with Gasteiger partial charge in [-0.3, -0.25) is 0 Å². The van der Waals surface area contributed by atoms with Crippen LogP contribution in [0.1, 0.15) is 22.9 Å². The van der Waals surface area contributed by atoms with E-state index in [1.165, 1.54) is 0 Å². The van der Waals surface area contributed by atoms with Crippen molar-refractivity contribution in [3.05, 3.63) is 74.7 Å². The first kappa shape index (κ1) is 15.5. The summed E-state index contributed by atoms with van der Waals surface area (Å²) in [7, 11) is 0. The standard InChI is InChI=1S/C20H15ClN2O3/c21-10-5-6-14-13(9-10)11-7-8-22-18(17(11)23-14)16-19(24)12-3-1-2-4-15(12)26-20(16)25/h1-6,9,18,22-24H,7-8H2/t18-/m0/s1. The number of hydrogen-bond donors (Lipinski definition) is 3. The molecule has 26 heavy (non-hydrogen) atoms. The van der Waals surface area contributed by atoms with Crippen molar-refractivity contribution in [2.24, 2.45) is 0 Å². The second-order valence-electron chi connectivity index (χ2n) is 6.49. The molecule has 2 aromatic heterocycles. The average Bonchev–Trinajstić information content (AvgIpc) is 3.00. The first-order valence-corrected chi connectivity index (χ1v) is 8.79. The third-order valence-corrected chi connectivity index (χ3v) is 5.26. The minimum Gasteiger partial charge on any atom is -0.507 e. The van der Waals surface area contributed by atoms with Gasteiger partial charge in [0.2, 0.25) is 0 Å². The molecule has 3 heterocycles. The third-order valence-electron chi connectivity index (χ3n) is 5.02. The van der Waals surface area contributed by atoms with Crippen molar-refractivity contribution in [3.63, 3.8) is 0 Å². The molecule has 1 aliphatic heterocycles. The van der Waals surface area contributed by atoms with Crippen molar-refractivity contribution in [2.75, 3.05) is 6.54 Å². The van der Waals surface area contributed by atoms with Gasteiger partial charge in [0.1, 0.15) is 16.9 Å². The SMILES string of the molecule is O=c1oc2ccccc2c(O)c1[C@@H]1NCCc2c1[nH]c1ccc(Cl)cc21. The lowest BCUT2D eigenvalue weighted by molar-refractivity contribution is 0.435. The molecular weight excluding hydrogens is 352 g/mol. The Hall–Kier alpha value is -2.76. The average molecular weight is 367 g/mol. The lowest BCUT2D eigenvalue weighted by Crippen LogP contribution is -2.33. The highest BCUT2D eigenvalue weighted by Gasteiger charge is 2.31. The number of aromatic nitrogens is 1. The second kappa shape index (κ2) is 5.62. The fourth-order valence-electron chi connectivity index (χ4n) is 3.85. The minimum atomic E-state index is -0.539. The molecular formula is C20H15ClN2O3. The smallest absolute Gasteiger partial charge is 0.345 e. The summed E-state index contributed by atoms with van der Waals surface area (Å²) in [5.74, 6) is -0.0427. The van der Waals surface area contributed by atoms with Crippen molar-refractivity contribution in [1.82, 2.24) is 10.3 Å². The number of hydrogen-bond acceptors (Lipinski definition) is 4. The van der Waals surface area contributed by atoms with Gasteiger partial charge < -0.3 is 19.8 Å².